The number of para-hydroxylation sites is 1. The van der Waals surface area contributed by atoms with E-state index in [0.29, 0.717) is 5.82 Å². The van der Waals surface area contributed by atoms with Gasteiger partial charge in [0.05, 0.1) is 17.9 Å². The standard InChI is InChI=1S/C26H30F3N5O/c1-17-23(18-9-4-2-5-10-18)22(15-33(17)16-26(27,28)29)30-25(35)31-24-20-13-8-14-21(20)32-34(24)19-11-6-3-7-12-19/h2-7,9,11-12,17-18,22-23H,8,10,13-16H2,1H3,(H2,30,31,35)/t17?,18?,22-,23?/m1/s1. The Bertz CT molecular complexity index is 1120. The molecule has 2 aromatic rings. The van der Waals surface area contributed by atoms with Crippen LogP contribution >= 0.6 is 0 Å². The van der Waals surface area contributed by atoms with Gasteiger partial charge in [0.25, 0.3) is 0 Å². The first-order chi connectivity index (χ1) is 16.8. The van der Waals surface area contributed by atoms with Crippen molar-refractivity contribution < 1.29 is 18.0 Å². The highest BCUT2D eigenvalue weighted by atomic mass is 19.4. The van der Waals surface area contributed by atoms with Gasteiger partial charge in [0, 0.05) is 30.1 Å². The summed E-state index contributed by atoms with van der Waals surface area (Å²) in [4.78, 5) is 14.7. The van der Waals surface area contributed by atoms with Crippen LogP contribution in [0.1, 0.15) is 31.0 Å². The predicted molar refractivity (Wildman–Crippen MR) is 128 cm³/mol. The highest BCUT2D eigenvalue weighted by Crippen LogP contribution is 2.37. The molecular formula is C26H30F3N5O. The van der Waals surface area contributed by atoms with E-state index in [9.17, 15) is 18.0 Å². The van der Waals surface area contributed by atoms with Gasteiger partial charge in [-0.3, -0.25) is 10.2 Å². The molecule has 1 aromatic heterocycles. The lowest BCUT2D eigenvalue weighted by Gasteiger charge is -2.31. The summed E-state index contributed by atoms with van der Waals surface area (Å²) in [7, 11) is 0. The van der Waals surface area contributed by atoms with Gasteiger partial charge < -0.3 is 5.32 Å². The number of amides is 2. The highest BCUT2D eigenvalue weighted by Gasteiger charge is 2.46. The van der Waals surface area contributed by atoms with Crippen LogP contribution in [0.5, 0.6) is 0 Å². The molecule has 3 unspecified atom stereocenters. The lowest BCUT2D eigenvalue weighted by molar-refractivity contribution is -0.147. The zero-order valence-corrected chi connectivity index (χ0v) is 19.6. The maximum atomic E-state index is 13.2. The van der Waals surface area contributed by atoms with Crippen molar-refractivity contribution in [3.8, 4) is 5.69 Å². The molecule has 9 heteroatoms. The zero-order chi connectivity index (χ0) is 24.6. The van der Waals surface area contributed by atoms with E-state index in [2.05, 4.69) is 10.6 Å². The van der Waals surface area contributed by atoms with Crippen LogP contribution in [0.15, 0.2) is 54.6 Å². The number of fused-ring (bicyclic) bond motifs is 1. The molecule has 2 aliphatic carbocycles. The summed E-state index contributed by atoms with van der Waals surface area (Å²) in [5.74, 6) is 0.572. The first-order valence-electron chi connectivity index (χ1n) is 12.2. The van der Waals surface area contributed by atoms with Crippen molar-refractivity contribution in [2.24, 2.45) is 11.8 Å². The Labute approximate surface area is 202 Å². The average Bonchev–Trinajstić information content (AvgIpc) is 3.49. The number of alkyl halides is 3. The zero-order valence-electron chi connectivity index (χ0n) is 19.6. The number of hydrogen-bond acceptors (Lipinski definition) is 3. The number of aromatic nitrogens is 2. The van der Waals surface area contributed by atoms with Crippen molar-refractivity contribution in [2.45, 2.75) is 50.9 Å². The van der Waals surface area contributed by atoms with Gasteiger partial charge in [-0.15, -0.1) is 0 Å². The third kappa shape index (κ3) is 5.00. The molecule has 2 amide bonds. The largest absolute Gasteiger partial charge is 0.401 e. The van der Waals surface area contributed by atoms with Gasteiger partial charge in [-0.2, -0.15) is 18.3 Å². The normalized spacial score (nSPS) is 26.2. The summed E-state index contributed by atoms with van der Waals surface area (Å²) in [6.45, 7) is 1.01. The molecule has 0 bridgehead atoms. The number of nitrogens with zero attached hydrogens (tertiary/aromatic N) is 3. The Hall–Kier alpha value is -3.07. The Kier molecular flexibility index (Phi) is 6.44. The molecule has 0 saturated carbocycles. The fourth-order valence-corrected chi connectivity index (χ4v) is 5.83. The minimum Gasteiger partial charge on any atom is -0.333 e. The quantitative estimate of drug-likeness (QED) is 0.636. The van der Waals surface area contributed by atoms with Crippen molar-refractivity contribution in [1.82, 2.24) is 20.0 Å². The Balaban J connectivity index is 1.37. The maximum Gasteiger partial charge on any atom is 0.401 e. The molecule has 35 heavy (non-hydrogen) atoms. The predicted octanol–water partition coefficient (Wildman–Crippen LogP) is 4.87. The molecule has 1 aromatic carbocycles. The molecule has 1 saturated heterocycles. The number of nitrogens with one attached hydrogen (secondary N) is 2. The van der Waals surface area contributed by atoms with Crippen molar-refractivity contribution in [2.75, 3.05) is 18.4 Å². The van der Waals surface area contributed by atoms with Crippen molar-refractivity contribution in [1.29, 1.82) is 0 Å². The molecule has 186 valence electrons. The van der Waals surface area contributed by atoms with Crippen LogP contribution in [-0.4, -0.2) is 52.1 Å². The number of likely N-dealkylation sites (tertiary alicyclic amines) is 1. The van der Waals surface area contributed by atoms with Crippen molar-refractivity contribution in [3.63, 3.8) is 0 Å². The molecule has 4 atom stereocenters. The second-order valence-corrected chi connectivity index (χ2v) is 9.65. The summed E-state index contributed by atoms with van der Waals surface area (Å²) in [5.41, 5.74) is 2.85. The number of carbonyl (C=O) groups excluding carboxylic acids is 1. The molecule has 2 N–H and O–H groups in total. The summed E-state index contributed by atoms with van der Waals surface area (Å²) in [6.07, 6.45) is 7.10. The minimum absolute atomic E-state index is 0.0672. The van der Waals surface area contributed by atoms with Crippen molar-refractivity contribution >= 4 is 11.8 Å². The number of rotatable bonds is 5. The minimum atomic E-state index is -4.29. The topological polar surface area (TPSA) is 62.2 Å². The summed E-state index contributed by atoms with van der Waals surface area (Å²) >= 11 is 0. The Morgan fingerprint density at radius 3 is 2.69 bits per heavy atom. The van der Waals surface area contributed by atoms with E-state index in [0.717, 1.165) is 42.6 Å². The van der Waals surface area contributed by atoms with Gasteiger partial charge in [-0.25, -0.2) is 9.48 Å². The molecule has 3 aliphatic rings. The van der Waals surface area contributed by atoms with E-state index >= 15 is 0 Å². The van der Waals surface area contributed by atoms with Crippen LogP contribution in [0.3, 0.4) is 0 Å². The molecule has 0 spiro atoms. The van der Waals surface area contributed by atoms with Crippen LogP contribution in [-0.2, 0) is 12.8 Å². The number of allylic oxidation sites excluding steroid dienone is 4. The van der Waals surface area contributed by atoms with Crippen LogP contribution in [0.4, 0.5) is 23.8 Å². The Morgan fingerprint density at radius 2 is 1.97 bits per heavy atom. The molecule has 2 heterocycles. The third-order valence-electron chi connectivity index (χ3n) is 7.38. The number of benzene rings is 1. The van der Waals surface area contributed by atoms with E-state index in [1.807, 2.05) is 61.6 Å². The number of aryl methyl sites for hydroxylation is 1. The average molecular weight is 486 g/mol. The first kappa shape index (κ1) is 23.7. The van der Waals surface area contributed by atoms with E-state index < -0.39 is 24.8 Å². The van der Waals surface area contributed by atoms with Crippen LogP contribution in [0, 0.1) is 11.8 Å². The number of urea groups is 1. The number of anilines is 1. The summed E-state index contributed by atoms with van der Waals surface area (Å²) < 4.78 is 41.5. The number of halogens is 3. The van der Waals surface area contributed by atoms with Crippen molar-refractivity contribution in [3.05, 3.63) is 65.9 Å². The second-order valence-electron chi connectivity index (χ2n) is 9.65. The summed E-state index contributed by atoms with van der Waals surface area (Å²) in [5, 5.41) is 10.7. The van der Waals surface area contributed by atoms with E-state index in [1.54, 1.807) is 4.68 Å². The fourth-order valence-electron chi connectivity index (χ4n) is 5.83. The van der Waals surface area contributed by atoms with Gasteiger partial charge >= 0.3 is 12.2 Å². The fraction of sp³-hybridized carbons (Fsp3) is 0.462. The molecule has 1 fully saturated rings. The first-order valence-corrected chi connectivity index (χ1v) is 12.2. The SMILES string of the molecule is CC1C(C2C=CC=CC2)[C@H](NC(=O)Nc2c3c(nn2-c2ccccc2)CCC3)CN1CC(F)(F)F. The van der Waals surface area contributed by atoms with E-state index in [4.69, 9.17) is 5.10 Å². The van der Waals surface area contributed by atoms with Gasteiger partial charge in [-0.05, 0) is 50.7 Å². The molecule has 6 nitrogen and oxygen atoms in total. The number of hydrogen-bond donors (Lipinski definition) is 2. The van der Waals surface area contributed by atoms with Crippen LogP contribution < -0.4 is 10.6 Å². The molecule has 5 rings (SSSR count). The monoisotopic (exact) mass is 485 g/mol. The Morgan fingerprint density at radius 1 is 1.17 bits per heavy atom. The lowest BCUT2D eigenvalue weighted by atomic mass is 9.80. The van der Waals surface area contributed by atoms with E-state index in [-0.39, 0.29) is 24.4 Å². The number of carbonyl (C=O) groups is 1. The lowest BCUT2D eigenvalue weighted by Crippen LogP contribution is -2.45. The third-order valence-corrected chi connectivity index (χ3v) is 7.38. The molecular weight excluding hydrogens is 455 g/mol. The highest BCUT2D eigenvalue weighted by molar-refractivity contribution is 5.90. The second kappa shape index (κ2) is 9.53. The van der Waals surface area contributed by atoms with E-state index in [1.165, 1.54) is 4.90 Å². The molecule has 0 radical (unpaired) electrons. The smallest absolute Gasteiger partial charge is 0.333 e. The van der Waals surface area contributed by atoms with Crippen LogP contribution in [0.2, 0.25) is 0 Å². The summed E-state index contributed by atoms with van der Waals surface area (Å²) in [6, 6.07) is 8.47. The maximum absolute atomic E-state index is 13.2. The van der Waals surface area contributed by atoms with Gasteiger partial charge in [-0.1, -0.05) is 42.5 Å². The molecule has 1 aliphatic heterocycles. The van der Waals surface area contributed by atoms with Gasteiger partial charge in [0.1, 0.15) is 5.82 Å². The van der Waals surface area contributed by atoms with Gasteiger partial charge in [0.2, 0.25) is 0 Å². The van der Waals surface area contributed by atoms with Crippen LogP contribution in [0.25, 0.3) is 5.69 Å². The van der Waals surface area contributed by atoms with Gasteiger partial charge in [0.15, 0.2) is 0 Å².